The maximum atomic E-state index is 11.8. The van der Waals surface area contributed by atoms with Gasteiger partial charge in [-0.25, -0.2) is 4.79 Å². The van der Waals surface area contributed by atoms with Crippen LogP contribution < -0.4 is 10.5 Å². The fourth-order valence-electron chi connectivity index (χ4n) is 2.21. The molecule has 0 aromatic heterocycles. The summed E-state index contributed by atoms with van der Waals surface area (Å²) in [7, 11) is 0. The van der Waals surface area contributed by atoms with Gasteiger partial charge in [0, 0.05) is 37.7 Å². The van der Waals surface area contributed by atoms with Crippen molar-refractivity contribution in [1.29, 1.82) is 0 Å². The van der Waals surface area contributed by atoms with Gasteiger partial charge in [-0.3, -0.25) is 0 Å². The molecule has 5 nitrogen and oxygen atoms in total. The SMILES string of the molecule is CC(C)OC(=O)N1CCC(Oc2cccc(N)c2)CC1. The summed E-state index contributed by atoms with van der Waals surface area (Å²) < 4.78 is 11.1. The first-order chi connectivity index (χ1) is 9.54. The first-order valence-electron chi connectivity index (χ1n) is 7.02. The Labute approximate surface area is 119 Å². The summed E-state index contributed by atoms with van der Waals surface area (Å²) in [5.74, 6) is 0.785. The number of benzene rings is 1. The van der Waals surface area contributed by atoms with Crippen LogP contribution in [-0.4, -0.2) is 36.3 Å². The molecule has 0 saturated carbocycles. The van der Waals surface area contributed by atoms with Gasteiger partial charge in [0.15, 0.2) is 0 Å². The van der Waals surface area contributed by atoms with Gasteiger partial charge >= 0.3 is 6.09 Å². The monoisotopic (exact) mass is 278 g/mol. The van der Waals surface area contributed by atoms with Crippen molar-refractivity contribution < 1.29 is 14.3 Å². The molecule has 1 amide bonds. The molecule has 0 aliphatic carbocycles. The van der Waals surface area contributed by atoms with E-state index in [0.717, 1.165) is 18.6 Å². The van der Waals surface area contributed by atoms with Crippen molar-refractivity contribution >= 4 is 11.8 Å². The van der Waals surface area contributed by atoms with Crippen LogP contribution in [0.5, 0.6) is 5.75 Å². The second-order valence-corrected chi connectivity index (χ2v) is 5.31. The third kappa shape index (κ3) is 4.05. The normalized spacial score (nSPS) is 16.2. The topological polar surface area (TPSA) is 64.8 Å². The van der Waals surface area contributed by atoms with E-state index in [9.17, 15) is 4.79 Å². The van der Waals surface area contributed by atoms with Crippen molar-refractivity contribution in [3.63, 3.8) is 0 Å². The van der Waals surface area contributed by atoms with Crippen molar-refractivity contribution in [2.75, 3.05) is 18.8 Å². The summed E-state index contributed by atoms with van der Waals surface area (Å²) >= 11 is 0. The standard InChI is InChI=1S/C15H22N2O3/c1-11(2)19-15(18)17-8-6-13(7-9-17)20-14-5-3-4-12(16)10-14/h3-5,10-11,13H,6-9,16H2,1-2H3. The minimum atomic E-state index is -0.234. The average molecular weight is 278 g/mol. The van der Waals surface area contributed by atoms with Crippen molar-refractivity contribution in [1.82, 2.24) is 4.90 Å². The molecule has 1 aromatic rings. The van der Waals surface area contributed by atoms with E-state index in [1.165, 1.54) is 0 Å². The van der Waals surface area contributed by atoms with Crippen molar-refractivity contribution in [2.24, 2.45) is 0 Å². The number of amides is 1. The summed E-state index contributed by atoms with van der Waals surface area (Å²) in [5, 5.41) is 0. The number of nitrogens with two attached hydrogens (primary N) is 1. The van der Waals surface area contributed by atoms with Crippen LogP contribution in [-0.2, 0) is 4.74 Å². The van der Waals surface area contributed by atoms with Crippen LogP contribution in [0.1, 0.15) is 26.7 Å². The van der Waals surface area contributed by atoms with Crippen LogP contribution in [0.4, 0.5) is 10.5 Å². The number of ether oxygens (including phenoxy) is 2. The number of carbonyl (C=O) groups excluding carboxylic acids is 1. The van der Waals surface area contributed by atoms with Gasteiger partial charge in [-0.2, -0.15) is 0 Å². The fraction of sp³-hybridized carbons (Fsp3) is 0.533. The van der Waals surface area contributed by atoms with E-state index >= 15 is 0 Å². The summed E-state index contributed by atoms with van der Waals surface area (Å²) in [4.78, 5) is 13.5. The summed E-state index contributed by atoms with van der Waals surface area (Å²) in [6.45, 7) is 5.04. The van der Waals surface area contributed by atoms with Crippen LogP contribution in [0.2, 0.25) is 0 Å². The number of carbonyl (C=O) groups is 1. The van der Waals surface area contributed by atoms with Crippen LogP contribution in [0.3, 0.4) is 0 Å². The molecule has 0 bridgehead atoms. The molecular formula is C15H22N2O3. The molecule has 0 spiro atoms. The van der Waals surface area contributed by atoms with Gasteiger partial charge in [0.25, 0.3) is 0 Å². The van der Waals surface area contributed by atoms with Crippen LogP contribution in [0, 0.1) is 0 Å². The number of likely N-dealkylation sites (tertiary alicyclic amines) is 1. The molecule has 1 aliphatic rings. The van der Waals surface area contributed by atoms with Gasteiger partial charge in [0.05, 0.1) is 6.10 Å². The van der Waals surface area contributed by atoms with Crippen LogP contribution >= 0.6 is 0 Å². The van der Waals surface area contributed by atoms with E-state index < -0.39 is 0 Å². The Kier molecular flexibility index (Phi) is 4.71. The first-order valence-corrected chi connectivity index (χ1v) is 7.02. The van der Waals surface area contributed by atoms with Gasteiger partial charge in [-0.05, 0) is 26.0 Å². The molecule has 0 radical (unpaired) electrons. The highest BCUT2D eigenvalue weighted by Crippen LogP contribution is 2.21. The molecular weight excluding hydrogens is 256 g/mol. The minimum absolute atomic E-state index is 0.0798. The largest absolute Gasteiger partial charge is 0.490 e. The van der Waals surface area contributed by atoms with E-state index in [-0.39, 0.29) is 18.3 Å². The highest BCUT2D eigenvalue weighted by molar-refractivity contribution is 5.67. The lowest BCUT2D eigenvalue weighted by Crippen LogP contribution is -2.42. The molecule has 0 atom stereocenters. The summed E-state index contributed by atoms with van der Waals surface area (Å²) in [6, 6.07) is 7.42. The lowest BCUT2D eigenvalue weighted by molar-refractivity contribution is 0.0517. The number of rotatable bonds is 3. The molecule has 2 N–H and O–H groups in total. The van der Waals surface area contributed by atoms with Gasteiger partial charge in [-0.15, -0.1) is 0 Å². The zero-order valence-electron chi connectivity index (χ0n) is 12.0. The maximum absolute atomic E-state index is 11.8. The van der Waals surface area contributed by atoms with E-state index in [0.29, 0.717) is 18.8 Å². The molecule has 110 valence electrons. The second-order valence-electron chi connectivity index (χ2n) is 5.31. The van der Waals surface area contributed by atoms with Crippen molar-refractivity contribution in [2.45, 2.75) is 38.9 Å². The Hall–Kier alpha value is -1.91. The van der Waals surface area contributed by atoms with E-state index in [1.54, 1.807) is 4.90 Å². The number of anilines is 1. The molecule has 2 rings (SSSR count). The van der Waals surface area contributed by atoms with Gasteiger partial charge < -0.3 is 20.1 Å². The van der Waals surface area contributed by atoms with Crippen LogP contribution in [0.15, 0.2) is 24.3 Å². The Balaban J connectivity index is 1.81. The number of hydrogen-bond donors (Lipinski definition) is 1. The lowest BCUT2D eigenvalue weighted by Gasteiger charge is -2.32. The molecule has 1 heterocycles. The first kappa shape index (κ1) is 14.5. The molecule has 1 aliphatic heterocycles. The second kappa shape index (κ2) is 6.50. The Morgan fingerprint density at radius 3 is 2.65 bits per heavy atom. The minimum Gasteiger partial charge on any atom is -0.490 e. The average Bonchev–Trinajstić information content (AvgIpc) is 2.38. The Morgan fingerprint density at radius 1 is 1.35 bits per heavy atom. The predicted molar refractivity (Wildman–Crippen MR) is 77.7 cm³/mol. The van der Waals surface area contributed by atoms with Gasteiger partial charge in [-0.1, -0.05) is 6.07 Å². The van der Waals surface area contributed by atoms with Gasteiger partial charge in [0.2, 0.25) is 0 Å². The molecule has 1 fully saturated rings. The predicted octanol–water partition coefficient (Wildman–Crippen LogP) is 2.66. The third-order valence-corrected chi connectivity index (χ3v) is 3.20. The number of hydrogen-bond acceptors (Lipinski definition) is 4. The molecule has 0 unspecified atom stereocenters. The molecule has 1 aromatic carbocycles. The zero-order chi connectivity index (χ0) is 14.5. The summed E-state index contributed by atoms with van der Waals surface area (Å²) in [5.41, 5.74) is 6.42. The van der Waals surface area contributed by atoms with Gasteiger partial charge in [0.1, 0.15) is 11.9 Å². The number of piperidine rings is 1. The molecule has 5 heteroatoms. The van der Waals surface area contributed by atoms with Crippen molar-refractivity contribution in [3.05, 3.63) is 24.3 Å². The maximum Gasteiger partial charge on any atom is 0.410 e. The molecule has 1 saturated heterocycles. The highest BCUT2D eigenvalue weighted by atomic mass is 16.6. The Morgan fingerprint density at radius 2 is 2.05 bits per heavy atom. The summed E-state index contributed by atoms with van der Waals surface area (Å²) in [6.07, 6.45) is 1.43. The third-order valence-electron chi connectivity index (χ3n) is 3.20. The van der Waals surface area contributed by atoms with E-state index in [2.05, 4.69) is 0 Å². The molecule has 20 heavy (non-hydrogen) atoms. The number of nitrogen functional groups attached to an aromatic ring is 1. The zero-order valence-corrected chi connectivity index (χ0v) is 12.0. The van der Waals surface area contributed by atoms with Crippen LogP contribution in [0.25, 0.3) is 0 Å². The smallest absolute Gasteiger partial charge is 0.410 e. The van der Waals surface area contributed by atoms with Crippen molar-refractivity contribution in [3.8, 4) is 5.75 Å². The highest BCUT2D eigenvalue weighted by Gasteiger charge is 2.25. The lowest BCUT2D eigenvalue weighted by atomic mass is 10.1. The Bertz CT molecular complexity index is 454. The van der Waals surface area contributed by atoms with E-state index in [4.69, 9.17) is 15.2 Å². The number of nitrogens with zero attached hydrogens (tertiary/aromatic N) is 1. The fourth-order valence-corrected chi connectivity index (χ4v) is 2.21. The quantitative estimate of drug-likeness (QED) is 0.863. The van der Waals surface area contributed by atoms with E-state index in [1.807, 2.05) is 38.1 Å².